The highest BCUT2D eigenvalue weighted by Crippen LogP contribution is 2.27. The number of aliphatic hydroxyl groups excluding tert-OH is 1. The van der Waals surface area contributed by atoms with Crippen molar-refractivity contribution in [1.29, 1.82) is 0 Å². The molecule has 84 valence electrons. The first-order valence-electron chi connectivity index (χ1n) is 4.30. The Kier molecular flexibility index (Phi) is 3.67. The highest BCUT2D eigenvalue weighted by molar-refractivity contribution is 7.89. The molecule has 0 saturated carbocycles. The molecule has 0 heterocycles. The molecule has 0 unspecified atom stereocenters. The minimum atomic E-state index is -3.79. The Hall–Kier alpha value is -1.11. The molecule has 0 fully saturated rings. The van der Waals surface area contributed by atoms with Crippen LogP contribution in [0.1, 0.15) is 5.56 Å². The summed E-state index contributed by atoms with van der Waals surface area (Å²) in [6.07, 6.45) is 0.326. The lowest BCUT2D eigenvalue weighted by atomic mass is 10.1. The molecule has 1 aromatic carbocycles. The molecule has 0 aliphatic rings. The number of sulfonamides is 1. The molecule has 3 N–H and O–H groups in total. The Morgan fingerprint density at radius 2 is 2.13 bits per heavy atom. The number of hydrogen-bond donors (Lipinski definition) is 2. The number of rotatable bonds is 4. The van der Waals surface area contributed by atoms with Crippen molar-refractivity contribution < 1.29 is 18.3 Å². The summed E-state index contributed by atoms with van der Waals surface area (Å²) >= 11 is 0. The van der Waals surface area contributed by atoms with Crippen LogP contribution in [0, 0.1) is 0 Å². The fraction of sp³-hybridized carbons (Fsp3) is 0.333. The maximum atomic E-state index is 11.2. The van der Waals surface area contributed by atoms with E-state index in [0.717, 1.165) is 0 Å². The van der Waals surface area contributed by atoms with E-state index in [1.807, 2.05) is 0 Å². The average Bonchev–Trinajstić information content (AvgIpc) is 2.16. The van der Waals surface area contributed by atoms with E-state index in [1.54, 1.807) is 12.1 Å². The zero-order valence-corrected chi connectivity index (χ0v) is 9.12. The van der Waals surface area contributed by atoms with Crippen LogP contribution in [0.25, 0.3) is 0 Å². The van der Waals surface area contributed by atoms with Crippen LogP contribution in [-0.4, -0.2) is 27.2 Å². The molecule has 1 rings (SSSR count). The van der Waals surface area contributed by atoms with E-state index in [-0.39, 0.29) is 17.3 Å². The number of benzene rings is 1. The van der Waals surface area contributed by atoms with Gasteiger partial charge in [-0.05, 0) is 18.1 Å². The summed E-state index contributed by atoms with van der Waals surface area (Å²) in [5, 5.41) is 13.8. The Labute approximate surface area is 88.5 Å². The summed E-state index contributed by atoms with van der Waals surface area (Å²) in [6, 6.07) is 4.62. The molecule has 0 radical (unpaired) electrons. The lowest BCUT2D eigenvalue weighted by molar-refractivity contribution is 0.296. The maximum Gasteiger partial charge on any atom is 0.241 e. The quantitative estimate of drug-likeness (QED) is 0.755. The summed E-state index contributed by atoms with van der Waals surface area (Å²) in [4.78, 5) is -0.0593. The molecule has 0 atom stereocenters. The van der Waals surface area contributed by atoms with Crippen LogP contribution in [0.15, 0.2) is 23.1 Å². The van der Waals surface area contributed by atoms with Gasteiger partial charge in [0.15, 0.2) is 0 Å². The molecule has 0 aliphatic heterocycles. The molecule has 0 spiro atoms. The molecular weight excluding hydrogens is 218 g/mol. The van der Waals surface area contributed by atoms with Gasteiger partial charge in [-0.15, -0.1) is 0 Å². The summed E-state index contributed by atoms with van der Waals surface area (Å²) in [5.74, 6) is 0.203. The molecule has 6 heteroatoms. The van der Waals surface area contributed by atoms with Gasteiger partial charge < -0.3 is 9.84 Å². The summed E-state index contributed by atoms with van der Waals surface area (Å²) in [5.41, 5.74) is 0.617. The van der Waals surface area contributed by atoms with Crippen molar-refractivity contribution in [2.24, 2.45) is 5.14 Å². The third kappa shape index (κ3) is 2.68. The van der Waals surface area contributed by atoms with Crippen molar-refractivity contribution in [2.75, 3.05) is 13.7 Å². The van der Waals surface area contributed by atoms with Gasteiger partial charge in [0.2, 0.25) is 10.0 Å². The second-order valence-electron chi connectivity index (χ2n) is 2.97. The van der Waals surface area contributed by atoms with Crippen LogP contribution in [0.3, 0.4) is 0 Å². The van der Waals surface area contributed by atoms with E-state index in [0.29, 0.717) is 12.0 Å². The van der Waals surface area contributed by atoms with Crippen LogP contribution < -0.4 is 9.88 Å². The molecule has 0 amide bonds. The van der Waals surface area contributed by atoms with Crippen molar-refractivity contribution in [3.8, 4) is 5.75 Å². The van der Waals surface area contributed by atoms with Gasteiger partial charge in [-0.2, -0.15) is 0 Å². The van der Waals surface area contributed by atoms with E-state index in [9.17, 15) is 8.42 Å². The fourth-order valence-electron chi connectivity index (χ4n) is 1.33. The molecular formula is C9H13NO4S. The van der Waals surface area contributed by atoms with Crippen LogP contribution in [-0.2, 0) is 16.4 Å². The highest BCUT2D eigenvalue weighted by Gasteiger charge is 2.17. The standard InChI is InChI=1S/C9H13NO4S/c1-14-9-7(5-6-11)3-2-4-8(9)15(10,12)13/h2-4,11H,5-6H2,1H3,(H2,10,12,13). The molecule has 0 bridgehead atoms. The van der Waals surface area contributed by atoms with E-state index in [1.165, 1.54) is 13.2 Å². The molecule has 1 aromatic rings. The maximum absolute atomic E-state index is 11.2. The molecule has 15 heavy (non-hydrogen) atoms. The number of nitrogens with two attached hydrogens (primary N) is 1. The van der Waals surface area contributed by atoms with Gasteiger partial charge in [0.1, 0.15) is 10.6 Å². The summed E-state index contributed by atoms with van der Waals surface area (Å²) < 4.78 is 27.4. The zero-order valence-electron chi connectivity index (χ0n) is 8.30. The predicted octanol–water partition coefficient (Wildman–Crippen LogP) is -0.123. The molecule has 0 aliphatic carbocycles. The smallest absolute Gasteiger partial charge is 0.241 e. The van der Waals surface area contributed by atoms with Crippen molar-refractivity contribution in [3.63, 3.8) is 0 Å². The first-order chi connectivity index (χ1) is 7.00. The summed E-state index contributed by atoms with van der Waals surface area (Å²) in [7, 11) is -2.43. The Bertz CT molecular complexity index is 441. The Morgan fingerprint density at radius 1 is 1.47 bits per heavy atom. The number of ether oxygens (including phenoxy) is 1. The Morgan fingerprint density at radius 3 is 2.60 bits per heavy atom. The second-order valence-corrected chi connectivity index (χ2v) is 4.50. The van der Waals surface area contributed by atoms with Gasteiger partial charge in [-0.3, -0.25) is 0 Å². The largest absolute Gasteiger partial charge is 0.495 e. The lowest BCUT2D eigenvalue weighted by Gasteiger charge is -2.11. The number of hydrogen-bond acceptors (Lipinski definition) is 4. The number of para-hydroxylation sites is 1. The number of primary sulfonamides is 1. The van der Waals surface area contributed by atoms with E-state index >= 15 is 0 Å². The summed E-state index contributed by atoms with van der Waals surface area (Å²) in [6.45, 7) is -0.0789. The highest BCUT2D eigenvalue weighted by atomic mass is 32.2. The van der Waals surface area contributed by atoms with E-state index < -0.39 is 10.0 Å². The first-order valence-corrected chi connectivity index (χ1v) is 5.85. The molecule has 0 saturated heterocycles. The topological polar surface area (TPSA) is 89.6 Å². The zero-order chi connectivity index (χ0) is 11.5. The minimum Gasteiger partial charge on any atom is -0.495 e. The van der Waals surface area contributed by atoms with Gasteiger partial charge in [-0.1, -0.05) is 12.1 Å². The monoisotopic (exact) mass is 231 g/mol. The van der Waals surface area contributed by atoms with Crippen molar-refractivity contribution in [3.05, 3.63) is 23.8 Å². The predicted molar refractivity (Wildman–Crippen MR) is 55.2 cm³/mol. The molecule has 0 aromatic heterocycles. The Balaban J connectivity index is 3.35. The minimum absolute atomic E-state index is 0.0593. The number of aliphatic hydroxyl groups is 1. The van der Waals surface area contributed by atoms with Gasteiger partial charge in [0.25, 0.3) is 0 Å². The van der Waals surface area contributed by atoms with Crippen LogP contribution in [0.2, 0.25) is 0 Å². The SMILES string of the molecule is COc1c(CCO)cccc1S(N)(=O)=O. The van der Waals surface area contributed by atoms with Crippen molar-refractivity contribution in [2.45, 2.75) is 11.3 Å². The van der Waals surface area contributed by atoms with E-state index in [2.05, 4.69) is 0 Å². The molecule has 5 nitrogen and oxygen atoms in total. The normalized spacial score (nSPS) is 11.4. The van der Waals surface area contributed by atoms with Gasteiger partial charge >= 0.3 is 0 Å². The van der Waals surface area contributed by atoms with Crippen molar-refractivity contribution >= 4 is 10.0 Å². The van der Waals surface area contributed by atoms with Crippen LogP contribution in [0.4, 0.5) is 0 Å². The lowest BCUT2D eigenvalue weighted by Crippen LogP contribution is -2.14. The fourth-order valence-corrected chi connectivity index (χ4v) is 2.08. The second kappa shape index (κ2) is 4.61. The van der Waals surface area contributed by atoms with Gasteiger partial charge in [0.05, 0.1) is 7.11 Å². The average molecular weight is 231 g/mol. The van der Waals surface area contributed by atoms with Gasteiger partial charge in [0, 0.05) is 6.61 Å². The van der Waals surface area contributed by atoms with Crippen LogP contribution in [0.5, 0.6) is 5.75 Å². The first kappa shape index (κ1) is 12.0. The van der Waals surface area contributed by atoms with Gasteiger partial charge in [-0.25, -0.2) is 13.6 Å². The third-order valence-corrected chi connectivity index (χ3v) is 2.89. The van der Waals surface area contributed by atoms with Crippen molar-refractivity contribution in [1.82, 2.24) is 0 Å². The third-order valence-electron chi connectivity index (χ3n) is 1.95. The van der Waals surface area contributed by atoms with Crippen LogP contribution >= 0.6 is 0 Å². The number of methoxy groups -OCH3 is 1. The van der Waals surface area contributed by atoms with E-state index in [4.69, 9.17) is 15.0 Å².